The quantitative estimate of drug-likeness (QED) is 0.798. The van der Waals surface area contributed by atoms with Crippen LogP contribution in [-0.4, -0.2) is 40.6 Å². The van der Waals surface area contributed by atoms with E-state index in [1.165, 1.54) is 12.3 Å². The Kier molecular flexibility index (Phi) is 5.26. The lowest BCUT2D eigenvalue weighted by atomic mass is 10.1. The van der Waals surface area contributed by atoms with Crippen molar-refractivity contribution in [2.24, 2.45) is 5.73 Å². The summed E-state index contributed by atoms with van der Waals surface area (Å²) < 4.78 is 0.406. The highest BCUT2D eigenvalue weighted by Gasteiger charge is 2.28. The van der Waals surface area contributed by atoms with E-state index in [1.807, 2.05) is 0 Å². The van der Waals surface area contributed by atoms with Crippen LogP contribution in [0.25, 0.3) is 0 Å². The van der Waals surface area contributed by atoms with Gasteiger partial charge in [-0.3, -0.25) is 4.90 Å². The first-order chi connectivity index (χ1) is 5.79. The van der Waals surface area contributed by atoms with Crippen molar-refractivity contribution in [3.63, 3.8) is 0 Å². The first kappa shape index (κ1) is 14.6. The van der Waals surface area contributed by atoms with Gasteiger partial charge in [-0.2, -0.15) is 11.8 Å². The summed E-state index contributed by atoms with van der Waals surface area (Å²) in [5.74, 6) is 1.24. The van der Waals surface area contributed by atoms with Crippen molar-refractivity contribution in [1.29, 1.82) is 0 Å². The van der Waals surface area contributed by atoms with E-state index in [9.17, 15) is 0 Å². The summed E-state index contributed by atoms with van der Waals surface area (Å²) in [7, 11) is 0. The van der Waals surface area contributed by atoms with Gasteiger partial charge in [-0.25, -0.2) is 0 Å². The van der Waals surface area contributed by atoms with Gasteiger partial charge in [-0.15, -0.1) is 12.4 Å². The number of halogens is 1. The van der Waals surface area contributed by atoms with Crippen LogP contribution in [0.4, 0.5) is 0 Å². The van der Waals surface area contributed by atoms with Crippen molar-refractivity contribution in [2.45, 2.75) is 38.0 Å². The lowest BCUT2D eigenvalue weighted by Crippen LogP contribution is -2.51. The van der Waals surface area contributed by atoms with Gasteiger partial charge in [0.05, 0.1) is 0 Å². The van der Waals surface area contributed by atoms with Crippen molar-refractivity contribution < 1.29 is 0 Å². The standard InChI is InChI=1S/C10H22N2S.ClH/c1-9(2,11)7-12-5-6-13-10(3,4)8-12;/h5-8,11H2,1-4H3;1H. The summed E-state index contributed by atoms with van der Waals surface area (Å²) in [6.07, 6.45) is 0. The van der Waals surface area contributed by atoms with E-state index in [0.717, 1.165) is 13.1 Å². The van der Waals surface area contributed by atoms with Crippen molar-refractivity contribution in [3.8, 4) is 0 Å². The SMILES string of the molecule is CC(C)(N)CN1CCSC(C)(C)C1.Cl. The maximum absolute atomic E-state index is 6.01. The zero-order valence-electron chi connectivity index (χ0n) is 9.67. The zero-order chi connectivity index (χ0) is 10.1. The number of hydrogen-bond donors (Lipinski definition) is 1. The average Bonchev–Trinajstić information content (AvgIpc) is 1.79. The minimum absolute atomic E-state index is 0. The predicted molar refractivity (Wildman–Crippen MR) is 68.5 cm³/mol. The fourth-order valence-electron chi connectivity index (χ4n) is 1.83. The van der Waals surface area contributed by atoms with Crippen molar-refractivity contribution in [3.05, 3.63) is 0 Å². The third-order valence-electron chi connectivity index (χ3n) is 2.14. The molecule has 0 spiro atoms. The fourth-order valence-corrected chi connectivity index (χ4v) is 3.00. The first-order valence-electron chi connectivity index (χ1n) is 4.94. The van der Waals surface area contributed by atoms with E-state index in [1.54, 1.807) is 0 Å². The molecule has 1 aliphatic heterocycles. The van der Waals surface area contributed by atoms with Crippen molar-refractivity contribution in [2.75, 3.05) is 25.4 Å². The lowest BCUT2D eigenvalue weighted by Gasteiger charge is -2.40. The third-order valence-corrected chi connectivity index (χ3v) is 3.43. The van der Waals surface area contributed by atoms with Crippen LogP contribution in [0.5, 0.6) is 0 Å². The van der Waals surface area contributed by atoms with E-state index in [0.29, 0.717) is 4.75 Å². The minimum Gasteiger partial charge on any atom is -0.324 e. The fraction of sp³-hybridized carbons (Fsp3) is 1.00. The van der Waals surface area contributed by atoms with Crippen molar-refractivity contribution >= 4 is 24.2 Å². The molecule has 2 N–H and O–H groups in total. The predicted octanol–water partition coefficient (Wildman–Crippen LogP) is 1.97. The van der Waals surface area contributed by atoms with Gasteiger partial charge in [0.15, 0.2) is 0 Å². The largest absolute Gasteiger partial charge is 0.324 e. The second-order valence-corrected chi connectivity index (χ2v) is 7.11. The van der Waals surface area contributed by atoms with Gasteiger partial charge < -0.3 is 5.73 Å². The zero-order valence-corrected chi connectivity index (χ0v) is 11.3. The van der Waals surface area contributed by atoms with Crippen LogP contribution >= 0.6 is 24.2 Å². The molecule has 0 aromatic carbocycles. The molecule has 1 saturated heterocycles. The third kappa shape index (κ3) is 5.44. The van der Waals surface area contributed by atoms with Gasteiger partial charge in [-0.1, -0.05) is 0 Å². The molecular formula is C10H23ClN2S. The number of nitrogens with two attached hydrogens (primary N) is 1. The van der Waals surface area contributed by atoms with E-state index < -0.39 is 0 Å². The Labute approximate surface area is 98.4 Å². The smallest absolute Gasteiger partial charge is 0.0231 e. The van der Waals surface area contributed by atoms with Crippen LogP contribution in [0.3, 0.4) is 0 Å². The maximum atomic E-state index is 6.01. The van der Waals surface area contributed by atoms with E-state index in [4.69, 9.17) is 5.73 Å². The Morgan fingerprint density at radius 2 is 2.00 bits per heavy atom. The summed E-state index contributed by atoms with van der Waals surface area (Å²) in [4.78, 5) is 2.48. The van der Waals surface area contributed by atoms with Gasteiger partial charge in [0.1, 0.15) is 0 Å². The van der Waals surface area contributed by atoms with Crippen LogP contribution < -0.4 is 5.73 Å². The summed E-state index contributed by atoms with van der Waals surface area (Å²) in [6, 6.07) is 0. The Bertz CT molecular complexity index is 175. The van der Waals surface area contributed by atoms with Gasteiger partial charge in [0, 0.05) is 35.7 Å². The van der Waals surface area contributed by atoms with Crippen LogP contribution in [-0.2, 0) is 0 Å². The number of thioether (sulfide) groups is 1. The van der Waals surface area contributed by atoms with Crippen LogP contribution in [0.1, 0.15) is 27.7 Å². The van der Waals surface area contributed by atoms with E-state index >= 15 is 0 Å². The Morgan fingerprint density at radius 1 is 1.43 bits per heavy atom. The highest BCUT2D eigenvalue weighted by molar-refractivity contribution is 8.00. The second kappa shape index (κ2) is 5.06. The molecule has 1 fully saturated rings. The molecule has 0 bridgehead atoms. The summed E-state index contributed by atoms with van der Waals surface area (Å²) in [5.41, 5.74) is 5.95. The Hall–Kier alpha value is 0.560. The van der Waals surface area contributed by atoms with Gasteiger partial charge in [0.2, 0.25) is 0 Å². The molecule has 4 heteroatoms. The minimum atomic E-state index is -0.0575. The second-order valence-electron chi connectivity index (χ2n) is 5.31. The topological polar surface area (TPSA) is 29.3 Å². The Morgan fingerprint density at radius 3 is 2.43 bits per heavy atom. The van der Waals surface area contributed by atoms with Crippen LogP contribution in [0, 0.1) is 0 Å². The molecule has 0 aliphatic carbocycles. The molecular weight excluding hydrogens is 216 g/mol. The number of nitrogens with zero attached hydrogens (tertiary/aromatic N) is 1. The molecule has 0 unspecified atom stereocenters. The lowest BCUT2D eigenvalue weighted by molar-refractivity contribution is 0.216. The summed E-state index contributed by atoms with van der Waals surface area (Å²) in [5, 5.41) is 0. The summed E-state index contributed by atoms with van der Waals surface area (Å²) >= 11 is 2.07. The van der Waals surface area contributed by atoms with Crippen molar-refractivity contribution in [1.82, 2.24) is 4.90 Å². The van der Waals surface area contributed by atoms with Gasteiger partial charge in [-0.05, 0) is 27.7 Å². The van der Waals surface area contributed by atoms with Crippen LogP contribution in [0.2, 0.25) is 0 Å². The first-order valence-corrected chi connectivity index (χ1v) is 5.92. The molecule has 1 rings (SSSR count). The molecule has 2 nitrogen and oxygen atoms in total. The molecule has 86 valence electrons. The van der Waals surface area contributed by atoms with Crippen LogP contribution in [0.15, 0.2) is 0 Å². The molecule has 0 amide bonds. The molecule has 0 radical (unpaired) electrons. The molecule has 14 heavy (non-hydrogen) atoms. The van der Waals surface area contributed by atoms with Gasteiger partial charge in [0.25, 0.3) is 0 Å². The Balaban J connectivity index is 0.00000169. The monoisotopic (exact) mass is 238 g/mol. The molecule has 1 heterocycles. The molecule has 0 aromatic rings. The number of rotatable bonds is 2. The average molecular weight is 239 g/mol. The van der Waals surface area contributed by atoms with Gasteiger partial charge >= 0.3 is 0 Å². The highest BCUT2D eigenvalue weighted by Crippen LogP contribution is 2.29. The van der Waals surface area contributed by atoms with E-state index in [-0.39, 0.29) is 17.9 Å². The molecule has 1 aliphatic rings. The summed E-state index contributed by atoms with van der Waals surface area (Å²) in [6.45, 7) is 12.2. The molecule has 0 aromatic heterocycles. The molecule has 0 saturated carbocycles. The highest BCUT2D eigenvalue weighted by atomic mass is 35.5. The maximum Gasteiger partial charge on any atom is 0.0231 e. The molecule has 0 atom stereocenters. The normalized spacial score (nSPS) is 22.9. The van der Waals surface area contributed by atoms with E-state index in [2.05, 4.69) is 44.4 Å². The number of hydrogen-bond acceptors (Lipinski definition) is 3.